The molecule has 0 spiro atoms. The Kier molecular flexibility index (Phi) is 5.66. The minimum absolute atomic E-state index is 0.0753. The van der Waals surface area contributed by atoms with Gasteiger partial charge in [0.1, 0.15) is 18.4 Å². The lowest BCUT2D eigenvalue weighted by molar-refractivity contribution is -0.139. The second-order valence-corrected chi connectivity index (χ2v) is 3.87. The van der Waals surface area contributed by atoms with Crippen molar-refractivity contribution in [3.63, 3.8) is 0 Å². The fourth-order valence-corrected chi connectivity index (χ4v) is 1.39. The van der Waals surface area contributed by atoms with Gasteiger partial charge < -0.3 is 19.9 Å². The lowest BCUT2D eigenvalue weighted by Crippen LogP contribution is -2.40. The van der Waals surface area contributed by atoms with Gasteiger partial charge in [0, 0.05) is 0 Å². The highest BCUT2D eigenvalue weighted by molar-refractivity contribution is 5.79. The number of amides is 1. The molecule has 1 aromatic carbocycles. The Bertz CT molecular complexity index is 429. The second-order valence-electron chi connectivity index (χ2n) is 3.87. The summed E-state index contributed by atoms with van der Waals surface area (Å²) in [6.07, 6.45) is -0.447. The highest BCUT2D eigenvalue weighted by Gasteiger charge is 2.18. The van der Waals surface area contributed by atoms with Crippen molar-refractivity contribution in [3.8, 4) is 5.75 Å². The third-order valence-electron chi connectivity index (χ3n) is 2.53. The molecule has 1 unspecified atom stereocenters. The first-order chi connectivity index (χ1) is 9.06. The number of hydrogen-bond acceptors (Lipinski definition) is 4. The molecular formula is C13H17NO5. The Morgan fingerprint density at radius 2 is 1.95 bits per heavy atom. The summed E-state index contributed by atoms with van der Waals surface area (Å²) in [6, 6.07) is 6.11. The van der Waals surface area contributed by atoms with Gasteiger partial charge in [-0.2, -0.15) is 0 Å². The van der Waals surface area contributed by atoms with Crippen LogP contribution < -0.4 is 10.1 Å². The zero-order valence-electron chi connectivity index (χ0n) is 10.9. The van der Waals surface area contributed by atoms with E-state index in [9.17, 15) is 9.59 Å². The molecule has 0 saturated heterocycles. The molecule has 0 aliphatic rings. The molecular weight excluding hydrogens is 250 g/mol. The van der Waals surface area contributed by atoms with Crippen LogP contribution in [0.2, 0.25) is 0 Å². The summed E-state index contributed by atoms with van der Waals surface area (Å²) in [5, 5.41) is 11.1. The monoisotopic (exact) mass is 267 g/mol. The maximum atomic E-state index is 11.4. The number of carbonyl (C=O) groups is 2. The van der Waals surface area contributed by atoms with Crippen LogP contribution in [0.4, 0.5) is 4.79 Å². The van der Waals surface area contributed by atoms with Gasteiger partial charge in [-0.3, -0.25) is 0 Å². The summed E-state index contributed by atoms with van der Waals surface area (Å²) in [5.41, 5.74) is 0.791. The summed E-state index contributed by atoms with van der Waals surface area (Å²) >= 11 is 0. The zero-order valence-corrected chi connectivity index (χ0v) is 10.9. The molecule has 6 heteroatoms. The number of methoxy groups -OCH3 is 1. The Hall–Kier alpha value is -2.24. The van der Waals surface area contributed by atoms with Gasteiger partial charge >= 0.3 is 12.1 Å². The van der Waals surface area contributed by atoms with Crippen LogP contribution in [0.3, 0.4) is 0 Å². The molecule has 1 amide bonds. The summed E-state index contributed by atoms with van der Waals surface area (Å²) in [5.74, 6) is -0.367. The van der Waals surface area contributed by atoms with E-state index < -0.39 is 18.1 Å². The van der Waals surface area contributed by atoms with Gasteiger partial charge in [-0.25, -0.2) is 9.59 Å². The van der Waals surface area contributed by atoms with Crippen molar-refractivity contribution >= 4 is 12.1 Å². The van der Waals surface area contributed by atoms with Crippen LogP contribution in [0.5, 0.6) is 5.75 Å². The molecule has 1 aromatic rings. The van der Waals surface area contributed by atoms with Crippen molar-refractivity contribution in [3.05, 3.63) is 29.8 Å². The Morgan fingerprint density at radius 3 is 2.42 bits per heavy atom. The van der Waals surface area contributed by atoms with Crippen molar-refractivity contribution in [1.82, 2.24) is 5.32 Å². The van der Waals surface area contributed by atoms with Crippen LogP contribution in [-0.2, 0) is 16.1 Å². The van der Waals surface area contributed by atoms with Crippen molar-refractivity contribution in [2.24, 2.45) is 0 Å². The molecule has 1 atom stereocenters. The van der Waals surface area contributed by atoms with E-state index in [2.05, 4.69) is 5.32 Å². The van der Waals surface area contributed by atoms with E-state index in [1.54, 1.807) is 38.3 Å². The SMILES string of the molecule is CCC(NC(=O)OCc1ccc(OC)cc1)C(=O)O. The Balaban J connectivity index is 2.42. The van der Waals surface area contributed by atoms with Gasteiger partial charge in [-0.15, -0.1) is 0 Å². The number of nitrogens with one attached hydrogen (secondary N) is 1. The molecule has 0 heterocycles. The van der Waals surface area contributed by atoms with E-state index in [0.29, 0.717) is 12.2 Å². The summed E-state index contributed by atoms with van der Waals surface area (Å²) in [4.78, 5) is 22.1. The van der Waals surface area contributed by atoms with Gasteiger partial charge in [0.25, 0.3) is 0 Å². The maximum Gasteiger partial charge on any atom is 0.408 e. The number of benzene rings is 1. The number of aliphatic carboxylic acids is 1. The molecule has 6 nitrogen and oxygen atoms in total. The summed E-state index contributed by atoms with van der Waals surface area (Å²) < 4.78 is 9.93. The van der Waals surface area contributed by atoms with Crippen molar-refractivity contribution in [1.29, 1.82) is 0 Å². The highest BCUT2D eigenvalue weighted by atomic mass is 16.5. The van der Waals surface area contributed by atoms with E-state index in [-0.39, 0.29) is 6.61 Å². The zero-order chi connectivity index (χ0) is 14.3. The topological polar surface area (TPSA) is 84.9 Å². The molecule has 0 aromatic heterocycles. The standard InChI is InChI=1S/C13H17NO5/c1-3-11(12(15)16)14-13(17)19-8-9-4-6-10(18-2)7-5-9/h4-7,11H,3,8H2,1-2H3,(H,14,17)(H,15,16). The molecule has 19 heavy (non-hydrogen) atoms. The van der Waals surface area contributed by atoms with Crippen molar-refractivity contribution in [2.75, 3.05) is 7.11 Å². The molecule has 0 aliphatic carbocycles. The number of rotatable bonds is 6. The summed E-state index contributed by atoms with van der Waals surface area (Å²) in [7, 11) is 1.57. The second kappa shape index (κ2) is 7.25. The fraction of sp³-hybridized carbons (Fsp3) is 0.385. The van der Waals surface area contributed by atoms with E-state index >= 15 is 0 Å². The summed E-state index contributed by atoms with van der Waals surface area (Å²) in [6.45, 7) is 1.74. The first-order valence-electron chi connectivity index (χ1n) is 5.85. The van der Waals surface area contributed by atoms with Crippen LogP contribution in [0.1, 0.15) is 18.9 Å². The highest BCUT2D eigenvalue weighted by Crippen LogP contribution is 2.11. The number of carboxylic acid groups (broad SMARTS) is 1. The number of ether oxygens (including phenoxy) is 2. The first-order valence-corrected chi connectivity index (χ1v) is 5.85. The predicted octanol–water partition coefficient (Wildman–Crippen LogP) is 1.78. The molecule has 2 N–H and O–H groups in total. The number of hydrogen-bond donors (Lipinski definition) is 2. The number of carboxylic acids is 1. The van der Waals surface area contributed by atoms with Gasteiger partial charge in [0.05, 0.1) is 7.11 Å². The molecule has 1 rings (SSSR count). The molecule has 0 radical (unpaired) electrons. The van der Waals surface area contributed by atoms with E-state index in [1.807, 2.05) is 0 Å². The minimum atomic E-state index is -1.08. The molecule has 0 bridgehead atoms. The van der Waals surface area contributed by atoms with Gasteiger partial charge in [0.2, 0.25) is 0 Å². The van der Waals surface area contributed by atoms with Crippen LogP contribution in [0.15, 0.2) is 24.3 Å². The van der Waals surface area contributed by atoms with Gasteiger partial charge in [-0.05, 0) is 24.1 Å². The van der Waals surface area contributed by atoms with E-state index in [0.717, 1.165) is 5.56 Å². The Morgan fingerprint density at radius 1 is 1.32 bits per heavy atom. The third-order valence-corrected chi connectivity index (χ3v) is 2.53. The van der Waals surface area contributed by atoms with E-state index in [1.165, 1.54) is 0 Å². The van der Waals surface area contributed by atoms with E-state index in [4.69, 9.17) is 14.6 Å². The van der Waals surface area contributed by atoms with Gasteiger partial charge in [-0.1, -0.05) is 19.1 Å². The first kappa shape index (κ1) is 14.8. The van der Waals surface area contributed by atoms with Crippen molar-refractivity contribution in [2.45, 2.75) is 26.0 Å². The quantitative estimate of drug-likeness (QED) is 0.820. The molecule has 104 valence electrons. The number of alkyl carbamates (subject to hydrolysis) is 1. The van der Waals surface area contributed by atoms with Crippen LogP contribution in [-0.4, -0.2) is 30.3 Å². The van der Waals surface area contributed by atoms with Gasteiger partial charge in [0.15, 0.2) is 0 Å². The smallest absolute Gasteiger partial charge is 0.408 e. The third kappa shape index (κ3) is 4.87. The molecule has 0 aliphatic heterocycles. The molecule has 0 fully saturated rings. The van der Waals surface area contributed by atoms with Crippen molar-refractivity contribution < 1.29 is 24.2 Å². The fourth-order valence-electron chi connectivity index (χ4n) is 1.39. The largest absolute Gasteiger partial charge is 0.497 e. The normalized spacial score (nSPS) is 11.5. The lowest BCUT2D eigenvalue weighted by Gasteiger charge is -2.12. The molecule has 0 saturated carbocycles. The lowest BCUT2D eigenvalue weighted by atomic mass is 10.2. The minimum Gasteiger partial charge on any atom is -0.497 e. The van der Waals surface area contributed by atoms with Crippen LogP contribution >= 0.6 is 0 Å². The van der Waals surface area contributed by atoms with Crippen LogP contribution in [0.25, 0.3) is 0 Å². The number of carbonyl (C=O) groups excluding carboxylic acids is 1. The maximum absolute atomic E-state index is 11.4. The van der Waals surface area contributed by atoms with Crippen LogP contribution in [0, 0.1) is 0 Å². The average Bonchev–Trinajstić information content (AvgIpc) is 2.42. The predicted molar refractivity (Wildman–Crippen MR) is 68.0 cm³/mol. The Labute approximate surface area is 111 Å². The average molecular weight is 267 g/mol.